The van der Waals surface area contributed by atoms with Gasteiger partial charge < -0.3 is 9.13 Å². The largest absolute Gasteiger partial charge is 0.309 e. The van der Waals surface area contributed by atoms with Gasteiger partial charge in [-0.15, -0.1) is 0 Å². The highest BCUT2D eigenvalue weighted by atomic mass is 15.1. The fourth-order valence-electron chi connectivity index (χ4n) is 8.20. The van der Waals surface area contributed by atoms with Gasteiger partial charge in [-0.25, -0.2) is 15.0 Å². The Kier molecular flexibility index (Phi) is 7.65. The molecule has 0 aliphatic carbocycles. The van der Waals surface area contributed by atoms with Crippen LogP contribution in [0.5, 0.6) is 0 Å². The molecule has 0 bridgehead atoms. The number of hydrogen-bond donors (Lipinski definition) is 0. The first-order valence-electron chi connectivity index (χ1n) is 18.8. The van der Waals surface area contributed by atoms with E-state index in [-0.39, 0.29) is 0 Å². The molecular weight excluding hydrogens is 685 g/mol. The van der Waals surface area contributed by atoms with Crippen molar-refractivity contribution in [3.8, 4) is 51.6 Å². The molecule has 0 aliphatic rings. The molecule has 0 amide bonds. The maximum atomic E-state index is 11.3. The number of aryl methyl sites for hydroxylation is 4. The quantitative estimate of drug-likeness (QED) is 0.177. The van der Waals surface area contributed by atoms with Gasteiger partial charge in [0, 0.05) is 38.4 Å². The molecule has 266 valence electrons. The van der Waals surface area contributed by atoms with Crippen molar-refractivity contribution in [3.63, 3.8) is 0 Å². The van der Waals surface area contributed by atoms with Crippen molar-refractivity contribution in [1.82, 2.24) is 24.1 Å². The van der Waals surface area contributed by atoms with Crippen molar-refractivity contribution in [3.05, 3.63) is 173 Å². The number of nitriles is 1. The van der Waals surface area contributed by atoms with Gasteiger partial charge in [0.1, 0.15) is 6.07 Å². The van der Waals surface area contributed by atoms with E-state index in [0.29, 0.717) is 28.6 Å². The molecule has 56 heavy (non-hydrogen) atoms. The van der Waals surface area contributed by atoms with Crippen molar-refractivity contribution < 1.29 is 0 Å². The summed E-state index contributed by atoms with van der Waals surface area (Å²) >= 11 is 0. The van der Waals surface area contributed by atoms with Gasteiger partial charge in [-0.2, -0.15) is 5.26 Å². The minimum Gasteiger partial charge on any atom is -0.309 e. The van der Waals surface area contributed by atoms with E-state index in [4.69, 9.17) is 15.0 Å². The van der Waals surface area contributed by atoms with E-state index in [1.54, 1.807) is 0 Å². The van der Waals surface area contributed by atoms with Crippen LogP contribution in [0.25, 0.3) is 89.2 Å². The Morgan fingerprint density at radius 1 is 0.429 bits per heavy atom. The lowest BCUT2D eigenvalue weighted by Gasteiger charge is -2.19. The number of nitrogens with zero attached hydrogens (tertiary/aromatic N) is 6. The van der Waals surface area contributed by atoms with E-state index in [1.807, 2.05) is 66.7 Å². The van der Waals surface area contributed by atoms with E-state index in [2.05, 4.69) is 122 Å². The van der Waals surface area contributed by atoms with Crippen LogP contribution in [0.15, 0.2) is 146 Å². The molecule has 0 atom stereocenters. The van der Waals surface area contributed by atoms with Crippen LogP contribution in [0.4, 0.5) is 0 Å². The van der Waals surface area contributed by atoms with Gasteiger partial charge in [0.25, 0.3) is 0 Å². The summed E-state index contributed by atoms with van der Waals surface area (Å²) in [5.74, 6) is 1.50. The number of benzene rings is 7. The zero-order chi connectivity index (χ0) is 38.1. The Balaban J connectivity index is 1.37. The second-order valence-corrected chi connectivity index (χ2v) is 14.8. The summed E-state index contributed by atoms with van der Waals surface area (Å²) in [6.45, 7) is 8.52. The van der Waals surface area contributed by atoms with Crippen molar-refractivity contribution in [1.29, 1.82) is 5.26 Å². The minimum absolute atomic E-state index is 0.429. The molecule has 6 heteroatoms. The summed E-state index contributed by atoms with van der Waals surface area (Å²) in [7, 11) is 0. The molecule has 0 unspecified atom stereocenters. The third kappa shape index (κ3) is 5.36. The van der Waals surface area contributed by atoms with Gasteiger partial charge >= 0.3 is 0 Å². The van der Waals surface area contributed by atoms with Crippen LogP contribution in [0, 0.1) is 39.0 Å². The molecule has 0 N–H and O–H groups in total. The predicted octanol–water partition coefficient (Wildman–Crippen LogP) is 12.2. The van der Waals surface area contributed by atoms with E-state index in [1.165, 1.54) is 33.0 Å². The normalized spacial score (nSPS) is 11.6. The average molecular weight is 721 g/mol. The molecule has 0 saturated heterocycles. The Morgan fingerprint density at radius 3 is 1.23 bits per heavy atom. The lowest BCUT2D eigenvalue weighted by Crippen LogP contribution is -2.07. The topological polar surface area (TPSA) is 72.3 Å². The van der Waals surface area contributed by atoms with Gasteiger partial charge in [-0.05, 0) is 88.4 Å². The summed E-state index contributed by atoms with van der Waals surface area (Å²) in [6, 6.07) is 53.2. The summed E-state index contributed by atoms with van der Waals surface area (Å²) in [5, 5.41) is 15.9. The molecule has 3 aromatic heterocycles. The van der Waals surface area contributed by atoms with Crippen LogP contribution in [0.2, 0.25) is 0 Å². The number of rotatable bonds is 5. The van der Waals surface area contributed by atoms with Crippen LogP contribution in [0.1, 0.15) is 27.8 Å². The molecule has 10 rings (SSSR count). The van der Waals surface area contributed by atoms with Gasteiger partial charge in [0.2, 0.25) is 0 Å². The molecule has 6 nitrogen and oxygen atoms in total. The lowest BCUT2D eigenvalue weighted by atomic mass is 10.0. The fraction of sp³-hybridized carbons (Fsp3) is 0.0800. The highest BCUT2D eigenvalue weighted by Gasteiger charge is 2.25. The Morgan fingerprint density at radius 2 is 0.821 bits per heavy atom. The Bertz CT molecular complexity index is 3060. The maximum absolute atomic E-state index is 11.3. The molecule has 10 aromatic rings. The lowest BCUT2D eigenvalue weighted by molar-refractivity contribution is 1.06. The van der Waals surface area contributed by atoms with Crippen LogP contribution in [0.3, 0.4) is 0 Å². The second-order valence-electron chi connectivity index (χ2n) is 14.8. The molecule has 7 aromatic carbocycles. The van der Waals surface area contributed by atoms with E-state index in [9.17, 15) is 5.26 Å². The standard InChI is InChI=1S/C50H36N6/c1-30-15-19-42-38(23-30)39-24-31(2)16-20-43(39)55(42)37-27-36(29-51)47(46(28-37)56-44-21-17-32(3)25-40(44)41-26-33(4)18-22-45(41)56)50-53-48(34-11-7-5-8-12-34)52-49(54-50)35-13-9-6-10-14-35/h5-28H,1-4H3. The Hall–Kier alpha value is -7.36. The number of aromatic nitrogens is 5. The minimum atomic E-state index is 0.429. The molecule has 0 fully saturated rings. The fourth-order valence-corrected chi connectivity index (χ4v) is 8.20. The first-order valence-corrected chi connectivity index (χ1v) is 18.8. The number of fused-ring (bicyclic) bond motifs is 6. The van der Waals surface area contributed by atoms with Gasteiger partial charge in [-0.3, -0.25) is 0 Å². The second kappa shape index (κ2) is 12.9. The highest BCUT2D eigenvalue weighted by molar-refractivity contribution is 6.11. The molecule has 0 radical (unpaired) electrons. The van der Waals surface area contributed by atoms with E-state index in [0.717, 1.165) is 55.3 Å². The summed E-state index contributed by atoms with van der Waals surface area (Å²) in [6.07, 6.45) is 0. The molecule has 0 spiro atoms. The van der Waals surface area contributed by atoms with Crippen LogP contribution in [-0.4, -0.2) is 24.1 Å². The van der Waals surface area contributed by atoms with Gasteiger partial charge in [0.05, 0.1) is 38.9 Å². The zero-order valence-corrected chi connectivity index (χ0v) is 31.5. The SMILES string of the molecule is Cc1ccc2c(c1)c1cc(C)ccc1n2-c1cc(C#N)c(-c2nc(-c3ccccc3)nc(-c3ccccc3)n2)c(-n2c3ccc(C)cc3c3cc(C)ccc32)c1. The van der Waals surface area contributed by atoms with E-state index >= 15 is 0 Å². The molecule has 0 aliphatic heterocycles. The third-order valence-electron chi connectivity index (χ3n) is 10.8. The average Bonchev–Trinajstić information content (AvgIpc) is 3.71. The summed E-state index contributed by atoms with van der Waals surface area (Å²) in [4.78, 5) is 15.4. The predicted molar refractivity (Wildman–Crippen MR) is 228 cm³/mol. The van der Waals surface area contributed by atoms with E-state index < -0.39 is 0 Å². The van der Waals surface area contributed by atoms with Crippen LogP contribution < -0.4 is 0 Å². The number of hydrogen-bond acceptors (Lipinski definition) is 4. The van der Waals surface area contributed by atoms with Crippen molar-refractivity contribution in [2.75, 3.05) is 0 Å². The molecule has 3 heterocycles. The van der Waals surface area contributed by atoms with Gasteiger partial charge in [-0.1, -0.05) is 107 Å². The zero-order valence-electron chi connectivity index (χ0n) is 31.5. The summed E-state index contributed by atoms with van der Waals surface area (Å²) < 4.78 is 4.58. The molecule has 0 saturated carbocycles. The van der Waals surface area contributed by atoms with Crippen molar-refractivity contribution >= 4 is 43.6 Å². The van der Waals surface area contributed by atoms with Crippen LogP contribution in [-0.2, 0) is 0 Å². The van der Waals surface area contributed by atoms with Gasteiger partial charge in [0.15, 0.2) is 17.5 Å². The monoisotopic (exact) mass is 720 g/mol. The molecular formula is C50H36N6. The highest BCUT2D eigenvalue weighted by Crippen LogP contribution is 2.41. The maximum Gasteiger partial charge on any atom is 0.167 e. The Labute approximate surface area is 324 Å². The van der Waals surface area contributed by atoms with Crippen molar-refractivity contribution in [2.24, 2.45) is 0 Å². The smallest absolute Gasteiger partial charge is 0.167 e. The first kappa shape index (κ1) is 33.2. The third-order valence-corrected chi connectivity index (χ3v) is 10.8. The summed E-state index contributed by atoms with van der Waals surface area (Å²) in [5.41, 5.74) is 13.5. The van der Waals surface area contributed by atoms with Crippen molar-refractivity contribution in [2.45, 2.75) is 27.7 Å². The van der Waals surface area contributed by atoms with Crippen LogP contribution >= 0.6 is 0 Å². The first-order chi connectivity index (χ1) is 27.3.